The van der Waals surface area contributed by atoms with Crippen molar-refractivity contribution < 1.29 is 14.3 Å². The summed E-state index contributed by atoms with van der Waals surface area (Å²) < 4.78 is 5.43. The van der Waals surface area contributed by atoms with Crippen LogP contribution in [0.5, 0.6) is 0 Å². The van der Waals surface area contributed by atoms with Crippen molar-refractivity contribution in [1.29, 1.82) is 0 Å². The molecule has 36 heavy (non-hydrogen) atoms. The van der Waals surface area contributed by atoms with Crippen molar-refractivity contribution in [2.45, 2.75) is 25.0 Å². The van der Waals surface area contributed by atoms with Crippen molar-refractivity contribution >= 4 is 23.6 Å². The number of rotatable bonds is 8. The van der Waals surface area contributed by atoms with Crippen LogP contribution in [0.25, 0.3) is 0 Å². The first-order valence-electron chi connectivity index (χ1n) is 12.4. The second-order valence-electron chi connectivity index (χ2n) is 9.18. The molecule has 0 bridgehead atoms. The van der Waals surface area contributed by atoms with E-state index < -0.39 is 0 Å². The van der Waals surface area contributed by atoms with Crippen molar-refractivity contribution in [2.75, 3.05) is 32.1 Å². The molecule has 0 radical (unpaired) electrons. The molecular formula is C29H31N3O3S. The van der Waals surface area contributed by atoms with Crippen molar-refractivity contribution in [3.8, 4) is 0 Å². The highest BCUT2D eigenvalue weighted by Gasteiger charge is 2.32. The van der Waals surface area contributed by atoms with E-state index >= 15 is 0 Å². The average molecular weight is 502 g/mol. The van der Waals surface area contributed by atoms with E-state index in [1.165, 1.54) is 5.56 Å². The van der Waals surface area contributed by atoms with Crippen LogP contribution in [-0.4, -0.2) is 53.7 Å². The highest BCUT2D eigenvalue weighted by molar-refractivity contribution is 8.00. The van der Waals surface area contributed by atoms with Gasteiger partial charge in [-0.2, -0.15) is 0 Å². The third-order valence-electron chi connectivity index (χ3n) is 6.58. The number of hydrogen-bond acceptors (Lipinski definition) is 5. The summed E-state index contributed by atoms with van der Waals surface area (Å²) in [5.41, 5.74) is 5.10. The fourth-order valence-electron chi connectivity index (χ4n) is 4.62. The van der Waals surface area contributed by atoms with E-state index in [1.807, 2.05) is 71.6 Å². The van der Waals surface area contributed by atoms with Crippen LogP contribution in [0.2, 0.25) is 0 Å². The third kappa shape index (κ3) is 6.16. The summed E-state index contributed by atoms with van der Waals surface area (Å²) in [7, 11) is 0. The van der Waals surface area contributed by atoms with E-state index in [4.69, 9.17) is 4.74 Å². The number of morpholine rings is 1. The molecule has 2 saturated heterocycles. The molecule has 2 heterocycles. The molecule has 5 rings (SSSR count). The Morgan fingerprint density at radius 2 is 1.61 bits per heavy atom. The van der Waals surface area contributed by atoms with Crippen LogP contribution in [0, 0.1) is 0 Å². The van der Waals surface area contributed by atoms with Crippen molar-refractivity contribution in [2.24, 2.45) is 0 Å². The van der Waals surface area contributed by atoms with E-state index in [2.05, 4.69) is 22.3 Å². The maximum atomic E-state index is 12.8. The van der Waals surface area contributed by atoms with Gasteiger partial charge in [0.05, 0.1) is 19.0 Å². The number of benzene rings is 3. The molecule has 2 aliphatic heterocycles. The molecule has 0 aliphatic carbocycles. The minimum atomic E-state index is -0.101. The molecule has 0 aromatic heterocycles. The summed E-state index contributed by atoms with van der Waals surface area (Å²) in [5.74, 6) is 0.521. The fourth-order valence-corrected chi connectivity index (χ4v) is 5.81. The van der Waals surface area contributed by atoms with E-state index in [0.717, 1.165) is 49.5 Å². The lowest BCUT2D eigenvalue weighted by atomic mass is 10.1. The van der Waals surface area contributed by atoms with Gasteiger partial charge < -0.3 is 15.0 Å². The molecule has 2 amide bonds. The third-order valence-corrected chi connectivity index (χ3v) is 7.83. The summed E-state index contributed by atoms with van der Waals surface area (Å²) in [5, 5.41) is 3.00. The zero-order valence-corrected chi connectivity index (χ0v) is 21.1. The van der Waals surface area contributed by atoms with Crippen LogP contribution < -0.4 is 5.32 Å². The normalized spacial score (nSPS) is 18.4. The van der Waals surface area contributed by atoms with Crippen LogP contribution in [0.3, 0.4) is 0 Å². The summed E-state index contributed by atoms with van der Waals surface area (Å²) in [4.78, 5) is 29.6. The Kier molecular flexibility index (Phi) is 8.01. The Morgan fingerprint density at radius 1 is 0.889 bits per heavy atom. The SMILES string of the molecule is O=C(NCc1cccc(CN2CCOCC2)c1)c1ccc([C@@H]2SCC(=O)N2Cc2ccccc2)cc1. The summed E-state index contributed by atoms with van der Waals surface area (Å²) in [6, 6.07) is 26.1. The predicted octanol–water partition coefficient (Wildman–Crippen LogP) is 4.22. The lowest BCUT2D eigenvalue weighted by Gasteiger charge is -2.26. The molecule has 3 aromatic rings. The number of carbonyl (C=O) groups excluding carboxylic acids is 2. The van der Waals surface area contributed by atoms with Gasteiger partial charge in [-0.15, -0.1) is 11.8 Å². The van der Waals surface area contributed by atoms with Crippen molar-refractivity contribution in [3.05, 3.63) is 107 Å². The zero-order valence-electron chi connectivity index (χ0n) is 20.3. The number of nitrogens with one attached hydrogen (secondary N) is 1. The number of amides is 2. The van der Waals surface area contributed by atoms with E-state index in [9.17, 15) is 9.59 Å². The van der Waals surface area contributed by atoms with Gasteiger partial charge in [-0.05, 0) is 34.4 Å². The number of carbonyl (C=O) groups is 2. The maximum Gasteiger partial charge on any atom is 0.251 e. The number of nitrogens with zero attached hydrogens (tertiary/aromatic N) is 2. The van der Waals surface area contributed by atoms with Crippen molar-refractivity contribution in [3.63, 3.8) is 0 Å². The van der Waals surface area contributed by atoms with Gasteiger partial charge in [0, 0.05) is 38.3 Å². The minimum absolute atomic E-state index is 0.0379. The van der Waals surface area contributed by atoms with Crippen molar-refractivity contribution in [1.82, 2.24) is 15.1 Å². The second kappa shape index (κ2) is 11.7. The number of thioether (sulfide) groups is 1. The highest BCUT2D eigenvalue weighted by atomic mass is 32.2. The van der Waals surface area contributed by atoms with Crippen LogP contribution in [-0.2, 0) is 29.2 Å². The second-order valence-corrected chi connectivity index (χ2v) is 10.3. The fraction of sp³-hybridized carbons (Fsp3) is 0.310. The van der Waals surface area contributed by atoms with Gasteiger partial charge in [-0.25, -0.2) is 0 Å². The van der Waals surface area contributed by atoms with Crippen LogP contribution in [0.1, 0.15) is 38.0 Å². The summed E-state index contributed by atoms with van der Waals surface area (Å²) in [6.07, 6.45) is 0. The first-order valence-corrected chi connectivity index (χ1v) is 13.4. The first-order chi connectivity index (χ1) is 17.7. The largest absolute Gasteiger partial charge is 0.379 e. The van der Waals surface area contributed by atoms with Crippen LogP contribution in [0.15, 0.2) is 78.9 Å². The van der Waals surface area contributed by atoms with Crippen LogP contribution in [0.4, 0.5) is 0 Å². The van der Waals surface area contributed by atoms with E-state index in [0.29, 0.717) is 24.4 Å². The maximum absolute atomic E-state index is 12.8. The van der Waals surface area contributed by atoms with E-state index in [-0.39, 0.29) is 17.2 Å². The molecule has 6 nitrogen and oxygen atoms in total. The molecule has 186 valence electrons. The molecule has 2 fully saturated rings. The Balaban J connectivity index is 1.17. The topological polar surface area (TPSA) is 61.9 Å². The molecule has 1 N–H and O–H groups in total. The van der Waals surface area contributed by atoms with Gasteiger partial charge in [0.2, 0.25) is 5.91 Å². The molecule has 0 unspecified atom stereocenters. The molecule has 3 aromatic carbocycles. The molecule has 0 spiro atoms. The van der Waals surface area contributed by atoms with Gasteiger partial charge in [0.25, 0.3) is 5.91 Å². The summed E-state index contributed by atoms with van der Waals surface area (Å²) in [6.45, 7) is 5.45. The highest BCUT2D eigenvalue weighted by Crippen LogP contribution is 2.39. The molecule has 0 saturated carbocycles. The van der Waals surface area contributed by atoms with Gasteiger partial charge in [0.15, 0.2) is 0 Å². The number of hydrogen-bond donors (Lipinski definition) is 1. The minimum Gasteiger partial charge on any atom is -0.379 e. The molecular weight excluding hydrogens is 470 g/mol. The Morgan fingerprint density at radius 3 is 2.39 bits per heavy atom. The Bertz CT molecular complexity index is 1180. The average Bonchev–Trinajstić information content (AvgIpc) is 3.28. The molecule has 1 atom stereocenters. The zero-order chi connectivity index (χ0) is 24.7. The van der Waals surface area contributed by atoms with Gasteiger partial charge >= 0.3 is 0 Å². The lowest BCUT2D eigenvalue weighted by molar-refractivity contribution is -0.128. The van der Waals surface area contributed by atoms with E-state index in [1.54, 1.807) is 11.8 Å². The standard InChI is InChI=1S/C29H31N3O3S/c33-27-21-36-29(32(27)20-22-5-2-1-3-6-22)26-11-9-25(10-12-26)28(34)30-18-23-7-4-8-24(17-23)19-31-13-15-35-16-14-31/h1-12,17,29H,13-16,18-21H2,(H,30,34)/t29-/m0/s1. The van der Waals surface area contributed by atoms with Gasteiger partial charge in [0.1, 0.15) is 5.37 Å². The molecule has 7 heteroatoms. The lowest BCUT2D eigenvalue weighted by Crippen LogP contribution is -2.35. The number of ether oxygens (including phenoxy) is 1. The predicted molar refractivity (Wildman–Crippen MR) is 142 cm³/mol. The Hall–Kier alpha value is -3.13. The molecule has 2 aliphatic rings. The summed E-state index contributed by atoms with van der Waals surface area (Å²) >= 11 is 1.63. The monoisotopic (exact) mass is 501 g/mol. The quantitative estimate of drug-likeness (QED) is 0.501. The van der Waals surface area contributed by atoms with Gasteiger partial charge in [-0.1, -0.05) is 66.7 Å². The first kappa shape index (κ1) is 24.6. The Labute approximate surface area is 216 Å². The van der Waals surface area contributed by atoms with Crippen LogP contribution >= 0.6 is 11.8 Å². The van der Waals surface area contributed by atoms with Gasteiger partial charge in [-0.3, -0.25) is 14.5 Å². The smallest absolute Gasteiger partial charge is 0.251 e.